The zero-order chi connectivity index (χ0) is 20.5. The van der Waals surface area contributed by atoms with Crippen molar-refractivity contribution in [2.75, 3.05) is 0 Å². The maximum Gasteiger partial charge on any atom is 0.329 e. The Kier molecular flexibility index (Phi) is 4.76. The van der Waals surface area contributed by atoms with E-state index >= 15 is 0 Å². The largest absolute Gasteiger partial charge is 0.329 e. The van der Waals surface area contributed by atoms with Crippen LogP contribution in [0, 0.1) is 19.7 Å². The molecule has 0 spiro atoms. The monoisotopic (exact) mass is 389 g/mol. The van der Waals surface area contributed by atoms with Gasteiger partial charge in [-0.25, -0.2) is 9.18 Å². The summed E-state index contributed by atoms with van der Waals surface area (Å²) in [6.45, 7) is 4.08. The van der Waals surface area contributed by atoms with Gasteiger partial charge in [-0.1, -0.05) is 30.3 Å². The van der Waals surface area contributed by atoms with Crippen molar-refractivity contribution in [2.45, 2.75) is 20.4 Å². The Labute approximate surface area is 168 Å². The van der Waals surface area contributed by atoms with Gasteiger partial charge in [0.2, 0.25) is 0 Å². The number of carbonyl (C=O) groups excluding carboxylic acids is 2. The number of hydrogen-bond donors (Lipinski definition) is 1. The van der Waals surface area contributed by atoms with Crippen LogP contribution in [0.2, 0.25) is 0 Å². The summed E-state index contributed by atoms with van der Waals surface area (Å²) in [5, 5.41) is 2.67. The Morgan fingerprint density at radius 1 is 1.00 bits per heavy atom. The van der Waals surface area contributed by atoms with Crippen LogP contribution in [0.1, 0.15) is 22.5 Å². The quantitative estimate of drug-likeness (QED) is 0.534. The number of urea groups is 1. The molecule has 6 heteroatoms. The Balaban J connectivity index is 1.63. The first-order valence-corrected chi connectivity index (χ1v) is 9.27. The van der Waals surface area contributed by atoms with Crippen molar-refractivity contribution in [3.8, 4) is 5.69 Å². The lowest BCUT2D eigenvalue weighted by molar-refractivity contribution is -0.123. The van der Waals surface area contributed by atoms with Crippen molar-refractivity contribution in [3.05, 3.63) is 94.7 Å². The number of hydrogen-bond acceptors (Lipinski definition) is 2. The van der Waals surface area contributed by atoms with Crippen molar-refractivity contribution in [1.82, 2.24) is 14.8 Å². The number of halogens is 1. The number of rotatable bonds is 4. The van der Waals surface area contributed by atoms with E-state index in [1.807, 2.05) is 54.8 Å². The zero-order valence-corrected chi connectivity index (χ0v) is 16.1. The third kappa shape index (κ3) is 3.57. The highest BCUT2D eigenvalue weighted by Gasteiger charge is 2.33. The normalized spacial score (nSPS) is 15.3. The molecule has 1 saturated heterocycles. The molecule has 1 aromatic heterocycles. The van der Waals surface area contributed by atoms with Crippen LogP contribution < -0.4 is 5.32 Å². The SMILES string of the molecule is Cc1cc(/C=C2/NC(=O)N(Cc3ccccc3)C2=O)c(C)n1-c1ccc(F)cc1. The van der Waals surface area contributed by atoms with E-state index in [4.69, 9.17) is 0 Å². The molecule has 4 rings (SSSR count). The number of nitrogens with zero attached hydrogens (tertiary/aromatic N) is 2. The lowest BCUT2D eigenvalue weighted by Crippen LogP contribution is -2.30. The summed E-state index contributed by atoms with van der Waals surface area (Å²) in [5.41, 5.74) is 4.61. The van der Waals surface area contributed by atoms with E-state index in [1.54, 1.807) is 18.2 Å². The molecule has 3 aromatic rings. The molecule has 5 nitrogen and oxygen atoms in total. The van der Waals surface area contributed by atoms with Gasteiger partial charge in [-0.05, 0) is 61.4 Å². The van der Waals surface area contributed by atoms with E-state index < -0.39 is 6.03 Å². The molecule has 2 aromatic carbocycles. The van der Waals surface area contributed by atoms with Crippen LogP contribution in [-0.4, -0.2) is 21.4 Å². The Morgan fingerprint density at radius 3 is 2.38 bits per heavy atom. The molecule has 0 aliphatic carbocycles. The van der Waals surface area contributed by atoms with Crippen molar-refractivity contribution in [1.29, 1.82) is 0 Å². The van der Waals surface area contributed by atoms with Gasteiger partial charge in [0.05, 0.1) is 6.54 Å². The average molecular weight is 389 g/mol. The number of nitrogens with one attached hydrogen (secondary N) is 1. The highest BCUT2D eigenvalue weighted by molar-refractivity contribution is 6.13. The van der Waals surface area contributed by atoms with Crippen LogP contribution in [0.15, 0.2) is 66.4 Å². The van der Waals surface area contributed by atoms with Gasteiger partial charge < -0.3 is 9.88 Å². The Bertz CT molecular complexity index is 1120. The summed E-state index contributed by atoms with van der Waals surface area (Å²) in [6.07, 6.45) is 1.69. The summed E-state index contributed by atoms with van der Waals surface area (Å²) in [6, 6.07) is 17.1. The van der Waals surface area contributed by atoms with E-state index in [0.717, 1.165) is 28.2 Å². The summed E-state index contributed by atoms with van der Waals surface area (Å²) >= 11 is 0. The van der Waals surface area contributed by atoms with Gasteiger partial charge >= 0.3 is 6.03 Å². The molecule has 0 unspecified atom stereocenters. The minimum absolute atomic E-state index is 0.220. The van der Waals surface area contributed by atoms with Crippen LogP contribution in [0.25, 0.3) is 11.8 Å². The molecule has 1 N–H and O–H groups in total. The van der Waals surface area contributed by atoms with Gasteiger partial charge in [0.1, 0.15) is 11.5 Å². The van der Waals surface area contributed by atoms with Gasteiger partial charge in [-0.3, -0.25) is 9.69 Å². The fourth-order valence-corrected chi connectivity index (χ4v) is 3.56. The van der Waals surface area contributed by atoms with Crippen molar-refractivity contribution >= 4 is 18.0 Å². The number of aryl methyl sites for hydroxylation is 1. The van der Waals surface area contributed by atoms with E-state index in [0.29, 0.717) is 0 Å². The van der Waals surface area contributed by atoms with Crippen LogP contribution in [0.3, 0.4) is 0 Å². The molecule has 0 atom stereocenters. The standard InChI is InChI=1S/C23H20FN3O2/c1-15-12-18(16(2)27(15)20-10-8-19(24)9-11-20)13-21-22(28)26(23(29)25-21)14-17-6-4-3-5-7-17/h3-13H,14H2,1-2H3,(H,25,29)/b21-13+. The van der Waals surface area contributed by atoms with Gasteiger partial charge in [-0.2, -0.15) is 0 Å². The molecule has 29 heavy (non-hydrogen) atoms. The van der Waals surface area contributed by atoms with E-state index in [-0.39, 0.29) is 24.0 Å². The Morgan fingerprint density at radius 2 is 1.69 bits per heavy atom. The number of imide groups is 1. The van der Waals surface area contributed by atoms with Crippen LogP contribution in [-0.2, 0) is 11.3 Å². The molecule has 2 heterocycles. The third-order valence-electron chi connectivity index (χ3n) is 5.00. The number of amides is 3. The lowest BCUT2D eigenvalue weighted by Gasteiger charge is -2.11. The van der Waals surface area contributed by atoms with E-state index in [9.17, 15) is 14.0 Å². The smallest absolute Gasteiger partial charge is 0.318 e. The van der Waals surface area contributed by atoms with Crippen LogP contribution in [0.4, 0.5) is 9.18 Å². The minimum atomic E-state index is -0.433. The van der Waals surface area contributed by atoms with Crippen molar-refractivity contribution in [3.63, 3.8) is 0 Å². The summed E-state index contributed by atoms with van der Waals surface area (Å²) in [4.78, 5) is 26.3. The van der Waals surface area contributed by atoms with Crippen molar-refractivity contribution < 1.29 is 14.0 Å². The molecule has 1 aliphatic rings. The first-order valence-electron chi connectivity index (χ1n) is 9.27. The predicted molar refractivity (Wildman–Crippen MR) is 109 cm³/mol. The van der Waals surface area contributed by atoms with Gasteiger partial charge in [-0.15, -0.1) is 0 Å². The van der Waals surface area contributed by atoms with E-state index in [1.165, 1.54) is 17.0 Å². The molecule has 0 saturated carbocycles. The highest BCUT2D eigenvalue weighted by Crippen LogP contribution is 2.24. The second-order valence-corrected chi connectivity index (χ2v) is 7.00. The Hall–Kier alpha value is -3.67. The van der Waals surface area contributed by atoms with Gasteiger partial charge in [0, 0.05) is 17.1 Å². The summed E-state index contributed by atoms with van der Waals surface area (Å²) < 4.78 is 15.2. The fourth-order valence-electron chi connectivity index (χ4n) is 3.56. The second kappa shape index (κ2) is 7.39. The summed E-state index contributed by atoms with van der Waals surface area (Å²) in [5.74, 6) is -0.651. The molecule has 0 bridgehead atoms. The van der Waals surface area contributed by atoms with Crippen molar-refractivity contribution in [2.24, 2.45) is 0 Å². The molecular weight excluding hydrogens is 369 g/mol. The first-order chi connectivity index (χ1) is 13.9. The number of aromatic nitrogens is 1. The van der Waals surface area contributed by atoms with Crippen LogP contribution >= 0.6 is 0 Å². The summed E-state index contributed by atoms with van der Waals surface area (Å²) in [7, 11) is 0. The fraction of sp³-hybridized carbons (Fsp3) is 0.130. The third-order valence-corrected chi connectivity index (χ3v) is 5.00. The average Bonchev–Trinajstić information content (AvgIpc) is 3.13. The number of benzene rings is 2. The maximum absolute atomic E-state index is 13.3. The topological polar surface area (TPSA) is 54.3 Å². The predicted octanol–water partition coefficient (Wildman–Crippen LogP) is 4.33. The molecule has 1 fully saturated rings. The highest BCUT2D eigenvalue weighted by atomic mass is 19.1. The van der Waals surface area contributed by atoms with Crippen LogP contribution in [0.5, 0.6) is 0 Å². The van der Waals surface area contributed by atoms with Gasteiger partial charge in [0.15, 0.2) is 0 Å². The zero-order valence-electron chi connectivity index (χ0n) is 16.1. The maximum atomic E-state index is 13.3. The first kappa shape index (κ1) is 18.7. The minimum Gasteiger partial charge on any atom is -0.318 e. The molecule has 146 valence electrons. The molecule has 0 radical (unpaired) electrons. The van der Waals surface area contributed by atoms with Gasteiger partial charge in [0.25, 0.3) is 5.91 Å². The number of carbonyl (C=O) groups is 2. The molecule has 3 amide bonds. The second-order valence-electron chi connectivity index (χ2n) is 7.00. The molecular formula is C23H20FN3O2. The lowest BCUT2D eigenvalue weighted by atomic mass is 10.2. The molecule has 1 aliphatic heterocycles. The van der Waals surface area contributed by atoms with E-state index in [2.05, 4.69) is 5.32 Å².